The van der Waals surface area contributed by atoms with Gasteiger partial charge in [0.25, 0.3) is 0 Å². The first-order chi connectivity index (χ1) is 10.2. The molecule has 0 saturated carbocycles. The number of benzene rings is 1. The van der Waals surface area contributed by atoms with E-state index in [-0.39, 0.29) is 5.91 Å². The summed E-state index contributed by atoms with van der Waals surface area (Å²) in [6.07, 6.45) is 2.79. The van der Waals surface area contributed by atoms with Gasteiger partial charge in [-0.1, -0.05) is 24.3 Å². The van der Waals surface area contributed by atoms with Gasteiger partial charge in [-0.05, 0) is 24.6 Å². The zero-order chi connectivity index (χ0) is 14.8. The van der Waals surface area contributed by atoms with Crippen LogP contribution in [0, 0.1) is 6.92 Å². The minimum atomic E-state index is -0.564. The fourth-order valence-electron chi connectivity index (χ4n) is 2.23. The minimum Gasteiger partial charge on any atom is -0.446 e. The molecule has 5 nitrogen and oxygen atoms in total. The molecule has 21 heavy (non-hydrogen) atoms. The van der Waals surface area contributed by atoms with Gasteiger partial charge in [0.2, 0.25) is 18.0 Å². The highest BCUT2D eigenvalue weighted by Gasteiger charge is 2.33. The van der Waals surface area contributed by atoms with E-state index in [2.05, 4.69) is 10.1 Å². The Morgan fingerprint density at radius 2 is 2.05 bits per heavy atom. The van der Waals surface area contributed by atoms with E-state index in [9.17, 15) is 4.79 Å². The highest BCUT2D eigenvalue weighted by molar-refractivity contribution is 5.97. The number of aromatic nitrogens is 1. The number of ether oxygens (including phenoxy) is 1. The van der Waals surface area contributed by atoms with Crippen LogP contribution in [0.25, 0.3) is 0 Å². The average molecular weight is 281 g/mol. The Balaban J connectivity index is 1.98. The quantitative estimate of drug-likeness (QED) is 0.850. The maximum absolute atomic E-state index is 11.8. The smallest absolute Gasteiger partial charge is 0.243 e. The fourth-order valence-corrected chi connectivity index (χ4v) is 2.23. The van der Waals surface area contributed by atoms with Crippen LogP contribution in [0.1, 0.15) is 29.8 Å². The SMILES string of the molecule is CC(=O)N1N=C(c2ccccc2C)OC1c1cccnc1. The summed E-state index contributed by atoms with van der Waals surface area (Å²) in [4.78, 5) is 15.9. The first kappa shape index (κ1) is 13.3. The molecule has 2 heterocycles. The average Bonchev–Trinajstić information content (AvgIpc) is 2.94. The topological polar surface area (TPSA) is 54.8 Å². The lowest BCUT2D eigenvalue weighted by Crippen LogP contribution is -2.25. The van der Waals surface area contributed by atoms with Gasteiger partial charge in [0.1, 0.15) is 0 Å². The number of nitrogens with zero attached hydrogens (tertiary/aromatic N) is 3. The van der Waals surface area contributed by atoms with Gasteiger partial charge >= 0.3 is 0 Å². The van der Waals surface area contributed by atoms with Crippen molar-refractivity contribution in [3.05, 3.63) is 65.5 Å². The molecule has 0 aliphatic carbocycles. The fraction of sp³-hybridized carbons (Fsp3) is 0.188. The lowest BCUT2D eigenvalue weighted by atomic mass is 10.1. The number of amides is 1. The molecule has 2 aromatic rings. The number of hydrazone groups is 1. The van der Waals surface area contributed by atoms with E-state index in [0.717, 1.165) is 16.7 Å². The Morgan fingerprint density at radius 3 is 2.71 bits per heavy atom. The van der Waals surface area contributed by atoms with Gasteiger partial charge in [0.05, 0.1) is 0 Å². The molecule has 0 radical (unpaired) electrons. The first-order valence-electron chi connectivity index (χ1n) is 6.68. The number of hydrogen-bond donors (Lipinski definition) is 0. The molecule has 106 valence electrons. The number of carbonyl (C=O) groups is 1. The van der Waals surface area contributed by atoms with E-state index in [4.69, 9.17) is 4.74 Å². The third-order valence-electron chi connectivity index (χ3n) is 3.31. The van der Waals surface area contributed by atoms with E-state index >= 15 is 0 Å². The summed E-state index contributed by atoms with van der Waals surface area (Å²) < 4.78 is 5.90. The summed E-state index contributed by atoms with van der Waals surface area (Å²) in [5, 5.41) is 5.67. The van der Waals surface area contributed by atoms with Crippen molar-refractivity contribution in [1.82, 2.24) is 9.99 Å². The van der Waals surface area contributed by atoms with Gasteiger partial charge in [0, 0.05) is 30.4 Å². The third-order valence-corrected chi connectivity index (χ3v) is 3.31. The van der Waals surface area contributed by atoms with E-state index in [1.165, 1.54) is 11.9 Å². The molecule has 1 amide bonds. The number of aryl methyl sites for hydroxylation is 1. The predicted molar refractivity (Wildman–Crippen MR) is 78.3 cm³/mol. The minimum absolute atomic E-state index is 0.174. The van der Waals surface area contributed by atoms with Crippen molar-refractivity contribution in [2.45, 2.75) is 20.1 Å². The summed E-state index contributed by atoms with van der Waals surface area (Å²) >= 11 is 0. The molecule has 0 bridgehead atoms. The van der Waals surface area contributed by atoms with Gasteiger partial charge in [-0.25, -0.2) is 0 Å². The molecule has 0 saturated heterocycles. The number of hydrogen-bond acceptors (Lipinski definition) is 4. The maximum Gasteiger partial charge on any atom is 0.243 e. The second-order valence-corrected chi connectivity index (χ2v) is 4.84. The molecule has 0 N–H and O–H groups in total. The molecule has 1 aliphatic heterocycles. The van der Waals surface area contributed by atoms with Crippen LogP contribution in [0.2, 0.25) is 0 Å². The normalized spacial score (nSPS) is 17.3. The Kier molecular flexibility index (Phi) is 3.39. The molecule has 1 aromatic carbocycles. The highest BCUT2D eigenvalue weighted by Crippen LogP contribution is 2.30. The Bertz CT molecular complexity index is 698. The first-order valence-corrected chi connectivity index (χ1v) is 6.68. The molecule has 5 heteroatoms. The maximum atomic E-state index is 11.8. The summed E-state index contributed by atoms with van der Waals surface area (Å²) in [7, 11) is 0. The summed E-state index contributed by atoms with van der Waals surface area (Å²) in [5.74, 6) is 0.282. The van der Waals surface area contributed by atoms with E-state index in [1.807, 2.05) is 43.3 Å². The van der Waals surface area contributed by atoms with Gasteiger partial charge in [-0.2, -0.15) is 5.01 Å². The van der Waals surface area contributed by atoms with Gasteiger partial charge in [-0.3, -0.25) is 9.78 Å². The van der Waals surface area contributed by atoms with Crippen molar-refractivity contribution in [3.63, 3.8) is 0 Å². The van der Waals surface area contributed by atoms with Crippen molar-refractivity contribution in [2.75, 3.05) is 0 Å². The Morgan fingerprint density at radius 1 is 1.24 bits per heavy atom. The molecule has 1 atom stereocenters. The van der Waals surface area contributed by atoms with Crippen molar-refractivity contribution in [1.29, 1.82) is 0 Å². The zero-order valence-electron chi connectivity index (χ0n) is 11.9. The van der Waals surface area contributed by atoms with Gasteiger partial charge in [0.15, 0.2) is 0 Å². The largest absolute Gasteiger partial charge is 0.446 e. The van der Waals surface area contributed by atoms with Crippen LogP contribution in [-0.2, 0) is 9.53 Å². The second-order valence-electron chi connectivity index (χ2n) is 4.84. The lowest BCUT2D eigenvalue weighted by molar-refractivity contribution is -0.135. The number of rotatable bonds is 2. The van der Waals surface area contributed by atoms with E-state index in [1.54, 1.807) is 12.4 Å². The molecule has 3 rings (SSSR count). The zero-order valence-corrected chi connectivity index (χ0v) is 11.9. The molecule has 0 fully saturated rings. The van der Waals surface area contributed by atoms with Crippen LogP contribution in [0.5, 0.6) is 0 Å². The molecule has 1 aliphatic rings. The van der Waals surface area contributed by atoms with Gasteiger partial charge < -0.3 is 4.74 Å². The number of pyridine rings is 1. The van der Waals surface area contributed by atoms with E-state index in [0.29, 0.717) is 5.90 Å². The highest BCUT2D eigenvalue weighted by atomic mass is 16.5. The number of carbonyl (C=O) groups excluding carboxylic acids is 1. The van der Waals surface area contributed by atoms with Crippen molar-refractivity contribution in [2.24, 2.45) is 5.10 Å². The van der Waals surface area contributed by atoms with Crippen LogP contribution in [-0.4, -0.2) is 21.8 Å². The van der Waals surface area contributed by atoms with E-state index < -0.39 is 6.23 Å². The Hall–Kier alpha value is -2.69. The monoisotopic (exact) mass is 281 g/mol. The summed E-state index contributed by atoms with van der Waals surface area (Å²) in [6.45, 7) is 3.45. The molecular weight excluding hydrogens is 266 g/mol. The van der Waals surface area contributed by atoms with Crippen LogP contribution in [0.4, 0.5) is 0 Å². The summed E-state index contributed by atoms with van der Waals surface area (Å²) in [6, 6.07) is 11.5. The standard InChI is InChI=1S/C16H15N3O2/c1-11-6-3-4-8-14(11)15-18-19(12(2)20)16(21-15)13-7-5-9-17-10-13/h3-10,16H,1-2H3. The molecular formula is C16H15N3O2. The van der Waals surface area contributed by atoms with Crippen molar-refractivity contribution < 1.29 is 9.53 Å². The van der Waals surface area contributed by atoms with Crippen molar-refractivity contribution >= 4 is 11.8 Å². The molecule has 1 aromatic heterocycles. The van der Waals surface area contributed by atoms with Crippen LogP contribution in [0.3, 0.4) is 0 Å². The molecule has 0 spiro atoms. The van der Waals surface area contributed by atoms with Crippen molar-refractivity contribution in [3.8, 4) is 0 Å². The van der Waals surface area contributed by atoms with Crippen LogP contribution in [0.15, 0.2) is 53.9 Å². The van der Waals surface area contributed by atoms with Crippen LogP contribution >= 0.6 is 0 Å². The Labute approximate surface area is 122 Å². The van der Waals surface area contributed by atoms with Crippen LogP contribution < -0.4 is 0 Å². The molecule has 1 unspecified atom stereocenters. The summed E-state index contributed by atoms with van der Waals surface area (Å²) in [5.41, 5.74) is 2.72. The lowest BCUT2D eigenvalue weighted by Gasteiger charge is -2.18. The predicted octanol–water partition coefficient (Wildman–Crippen LogP) is 2.63. The second kappa shape index (κ2) is 5.36. The third kappa shape index (κ3) is 2.50. The van der Waals surface area contributed by atoms with Gasteiger partial charge in [-0.15, -0.1) is 5.10 Å².